The third kappa shape index (κ3) is 3.77. The van der Waals surface area contributed by atoms with Crippen LogP contribution in [0.25, 0.3) is 11.1 Å². The van der Waals surface area contributed by atoms with Crippen molar-refractivity contribution in [1.82, 2.24) is 14.9 Å². The number of pyridine rings is 1. The highest BCUT2D eigenvalue weighted by Crippen LogP contribution is 2.31. The fourth-order valence-electron chi connectivity index (χ4n) is 2.71. The van der Waals surface area contributed by atoms with E-state index in [0.717, 1.165) is 17.2 Å². The van der Waals surface area contributed by atoms with Gasteiger partial charge in [0, 0.05) is 37.7 Å². The zero-order valence-electron chi connectivity index (χ0n) is 13.9. The molecule has 2 aromatic heterocycles. The molecule has 134 valence electrons. The zero-order chi connectivity index (χ0) is 18.7. The van der Waals surface area contributed by atoms with Crippen LogP contribution in [0.5, 0.6) is 0 Å². The van der Waals surface area contributed by atoms with Crippen molar-refractivity contribution in [3.63, 3.8) is 0 Å². The minimum atomic E-state index is -4.46. The number of hydrogen-bond donors (Lipinski definition) is 1. The summed E-state index contributed by atoms with van der Waals surface area (Å²) in [6.45, 7) is -0.204. The van der Waals surface area contributed by atoms with Crippen molar-refractivity contribution in [2.75, 3.05) is 0 Å². The molecule has 1 aromatic carbocycles. The van der Waals surface area contributed by atoms with E-state index in [4.69, 9.17) is 0 Å². The van der Waals surface area contributed by atoms with Gasteiger partial charge in [-0.1, -0.05) is 18.2 Å². The SMILES string of the molecule is Cn1cc(-c2ccncc2)cc1C(=O)NCc1ccccc1C(F)(F)F. The summed E-state index contributed by atoms with van der Waals surface area (Å²) in [6.07, 6.45) is 0.626. The quantitative estimate of drug-likeness (QED) is 0.764. The summed E-state index contributed by atoms with van der Waals surface area (Å²) in [6, 6.07) is 10.5. The third-order valence-electron chi connectivity index (χ3n) is 4.01. The van der Waals surface area contributed by atoms with Crippen LogP contribution in [-0.4, -0.2) is 15.5 Å². The number of hydrogen-bond acceptors (Lipinski definition) is 2. The molecule has 3 rings (SSSR count). The number of halogens is 3. The first kappa shape index (κ1) is 17.7. The van der Waals surface area contributed by atoms with Gasteiger partial charge in [0.1, 0.15) is 5.69 Å². The van der Waals surface area contributed by atoms with Gasteiger partial charge in [-0.2, -0.15) is 13.2 Å². The average molecular weight is 359 g/mol. The predicted molar refractivity (Wildman–Crippen MR) is 91.3 cm³/mol. The normalized spacial score (nSPS) is 11.4. The highest BCUT2D eigenvalue weighted by molar-refractivity contribution is 5.94. The van der Waals surface area contributed by atoms with Gasteiger partial charge in [-0.25, -0.2) is 0 Å². The lowest BCUT2D eigenvalue weighted by Gasteiger charge is -2.13. The third-order valence-corrected chi connectivity index (χ3v) is 4.01. The molecule has 0 aliphatic heterocycles. The summed E-state index contributed by atoms with van der Waals surface area (Å²) in [5.41, 5.74) is 1.37. The molecule has 0 fully saturated rings. The van der Waals surface area contributed by atoms with Crippen LogP contribution in [0, 0.1) is 0 Å². The van der Waals surface area contributed by atoms with Crippen LogP contribution in [-0.2, 0) is 19.8 Å². The van der Waals surface area contributed by atoms with Crippen LogP contribution in [0.3, 0.4) is 0 Å². The molecule has 0 saturated heterocycles. The predicted octanol–water partition coefficient (Wildman–Crippen LogP) is 4.04. The molecule has 1 N–H and O–H groups in total. The first-order chi connectivity index (χ1) is 12.4. The van der Waals surface area contributed by atoms with Gasteiger partial charge >= 0.3 is 6.18 Å². The Kier molecular flexibility index (Phi) is 4.79. The Hall–Kier alpha value is -3.09. The largest absolute Gasteiger partial charge is 0.416 e. The summed E-state index contributed by atoms with van der Waals surface area (Å²) in [4.78, 5) is 16.4. The Morgan fingerprint density at radius 3 is 2.50 bits per heavy atom. The van der Waals surface area contributed by atoms with Crippen molar-refractivity contribution in [1.29, 1.82) is 0 Å². The number of carbonyl (C=O) groups is 1. The van der Waals surface area contributed by atoms with Gasteiger partial charge in [-0.15, -0.1) is 0 Å². The summed E-state index contributed by atoms with van der Waals surface area (Å²) in [5, 5.41) is 2.56. The van der Waals surface area contributed by atoms with Crippen molar-refractivity contribution in [2.45, 2.75) is 12.7 Å². The number of aryl methyl sites for hydroxylation is 1. The molecular weight excluding hydrogens is 343 g/mol. The summed E-state index contributed by atoms with van der Waals surface area (Å²) in [7, 11) is 1.71. The van der Waals surface area contributed by atoms with E-state index >= 15 is 0 Å². The second-order valence-corrected chi connectivity index (χ2v) is 5.80. The van der Waals surface area contributed by atoms with Gasteiger partial charge in [0.2, 0.25) is 0 Å². The smallest absolute Gasteiger partial charge is 0.347 e. The first-order valence-corrected chi connectivity index (χ1v) is 7.86. The van der Waals surface area contributed by atoms with E-state index in [1.807, 2.05) is 12.1 Å². The van der Waals surface area contributed by atoms with Gasteiger partial charge in [0.15, 0.2) is 0 Å². The summed E-state index contributed by atoms with van der Waals surface area (Å²) >= 11 is 0. The Morgan fingerprint density at radius 2 is 1.81 bits per heavy atom. The number of nitrogens with zero attached hydrogens (tertiary/aromatic N) is 2. The molecule has 0 radical (unpaired) electrons. The van der Waals surface area contributed by atoms with Gasteiger partial charge in [0.05, 0.1) is 5.56 Å². The Labute approximate surface area is 148 Å². The van der Waals surface area contributed by atoms with E-state index in [2.05, 4.69) is 10.3 Å². The van der Waals surface area contributed by atoms with Gasteiger partial charge in [-0.3, -0.25) is 9.78 Å². The molecule has 1 amide bonds. The fraction of sp³-hybridized carbons (Fsp3) is 0.158. The van der Waals surface area contributed by atoms with Gasteiger partial charge in [0.25, 0.3) is 5.91 Å². The van der Waals surface area contributed by atoms with Crippen molar-refractivity contribution in [3.05, 3.63) is 77.9 Å². The standard InChI is InChI=1S/C19H16F3N3O/c1-25-12-15(13-6-8-23-9-7-13)10-17(25)18(26)24-11-14-4-2-3-5-16(14)19(20,21)22/h2-10,12H,11H2,1H3,(H,24,26). The molecule has 0 aliphatic rings. The molecule has 3 aromatic rings. The van der Waals surface area contributed by atoms with Crippen molar-refractivity contribution < 1.29 is 18.0 Å². The number of benzene rings is 1. The Morgan fingerprint density at radius 1 is 1.12 bits per heavy atom. The topological polar surface area (TPSA) is 46.9 Å². The molecule has 0 unspecified atom stereocenters. The molecular formula is C19H16F3N3O. The van der Waals surface area contributed by atoms with Crippen LogP contribution in [0.15, 0.2) is 61.1 Å². The Bertz CT molecular complexity index is 917. The van der Waals surface area contributed by atoms with Crippen LogP contribution in [0.1, 0.15) is 21.6 Å². The molecule has 4 nitrogen and oxygen atoms in total. The average Bonchev–Trinajstić information content (AvgIpc) is 3.02. The lowest BCUT2D eigenvalue weighted by atomic mass is 10.1. The second kappa shape index (κ2) is 7.03. The highest BCUT2D eigenvalue weighted by Gasteiger charge is 2.32. The van der Waals surface area contributed by atoms with Crippen LogP contribution >= 0.6 is 0 Å². The second-order valence-electron chi connectivity index (χ2n) is 5.80. The van der Waals surface area contributed by atoms with Crippen molar-refractivity contribution in [2.24, 2.45) is 7.05 Å². The number of aromatic nitrogens is 2. The maximum atomic E-state index is 13.0. The minimum Gasteiger partial charge on any atom is -0.347 e. The summed E-state index contributed by atoms with van der Waals surface area (Å²) < 4.78 is 40.7. The van der Waals surface area contributed by atoms with E-state index in [1.54, 1.807) is 36.3 Å². The molecule has 7 heteroatoms. The van der Waals surface area contributed by atoms with E-state index in [1.165, 1.54) is 18.2 Å². The maximum Gasteiger partial charge on any atom is 0.416 e. The molecule has 0 aliphatic carbocycles. The Balaban J connectivity index is 1.77. The number of carbonyl (C=O) groups excluding carboxylic acids is 1. The molecule has 0 spiro atoms. The molecule has 26 heavy (non-hydrogen) atoms. The zero-order valence-corrected chi connectivity index (χ0v) is 13.9. The molecule has 0 bridgehead atoms. The van der Waals surface area contributed by atoms with E-state index < -0.39 is 17.6 Å². The van der Waals surface area contributed by atoms with Crippen LogP contribution in [0.2, 0.25) is 0 Å². The monoisotopic (exact) mass is 359 g/mol. The first-order valence-electron chi connectivity index (χ1n) is 7.86. The van der Waals surface area contributed by atoms with E-state index in [0.29, 0.717) is 5.69 Å². The van der Waals surface area contributed by atoms with Gasteiger partial charge < -0.3 is 9.88 Å². The highest BCUT2D eigenvalue weighted by atomic mass is 19.4. The van der Waals surface area contributed by atoms with Crippen LogP contribution in [0.4, 0.5) is 13.2 Å². The molecule has 0 saturated carbocycles. The fourth-order valence-corrected chi connectivity index (χ4v) is 2.71. The van der Waals surface area contributed by atoms with Gasteiger partial charge in [-0.05, 0) is 35.4 Å². The van der Waals surface area contributed by atoms with E-state index in [-0.39, 0.29) is 12.1 Å². The maximum absolute atomic E-state index is 13.0. The lowest BCUT2D eigenvalue weighted by molar-refractivity contribution is -0.138. The van der Waals surface area contributed by atoms with E-state index in [9.17, 15) is 18.0 Å². The number of amides is 1. The molecule has 2 heterocycles. The van der Waals surface area contributed by atoms with Crippen LogP contribution < -0.4 is 5.32 Å². The summed E-state index contributed by atoms with van der Waals surface area (Å²) in [5.74, 6) is -0.440. The number of alkyl halides is 3. The number of rotatable bonds is 4. The van der Waals surface area contributed by atoms with Crippen molar-refractivity contribution >= 4 is 5.91 Å². The number of nitrogens with one attached hydrogen (secondary N) is 1. The lowest BCUT2D eigenvalue weighted by Crippen LogP contribution is -2.26. The molecule has 0 atom stereocenters. The van der Waals surface area contributed by atoms with Crippen molar-refractivity contribution in [3.8, 4) is 11.1 Å². The minimum absolute atomic E-state index is 0.0249.